The minimum absolute atomic E-state index is 0.303. The van der Waals surface area contributed by atoms with Gasteiger partial charge in [0.05, 0.1) is 38.1 Å². The molecule has 0 saturated carbocycles. The lowest BCUT2D eigenvalue weighted by molar-refractivity contribution is 0.0954. The molecule has 1 fully saturated rings. The molecule has 0 aliphatic carbocycles. The van der Waals surface area contributed by atoms with Crippen molar-refractivity contribution < 1.29 is 19.0 Å². The van der Waals surface area contributed by atoms with Crippen LogP contribution in [0.5, 0.6) is 11.5 Å². The van der Waals surface area contributed by atoms with Gasteiger partial charge in [-0.15, -0.1) is 11.3 Å². The summed E-state index contributed by atoms with van der Waals surface area (Å²) in [5.74, 6) is 1.42. The van der Waals surface area contributed by atoms with E-state index >= 15 is 0 Å². The van der Waals surface area contributed by atoms with Crippen molar-refractivity contribution in [1.29, 1.82) is 0 Å². The minimum atomic E-state index is -0.303. The normalized spacial score (nSPS) is 14.3. The maximum Gasteiger partial charge on any atom is 0.271 e. The third kappa shape index (κ3) is 6.21. The summed E-state index contributed by atoms with van der Waals surface area (Å²) in [6.45, 7) is 8.20. The Labute approximate surface area is 181 Å². The molecule has 1 amide bonds. The molecule has 0 bridgehead atoms. The molecule has 1 aliphatic rings. The number of morpholine rings is 1. The van der Waals surface area contributed by atoms with E-state index in [9.17, 15) is 4.79 Å². The van der Waals surface area contributed by atoms with E-state index in [0.717, 1.165) is 37.6 Å². The number of ether oxygens (including phenoxy) is 3. The van der Waals surface area contributed by atoms with E-state index in [1.54, 1.807) is 42.9 Å². The number of methoxy groups -OCH3 is 1. The summed E-state index contributed by atoms with van der Waals surface area (Å²) in [7, 11) is 1.56. The zero-order valence-corrected chi connectivity index (χ0v) is 18.5. The second-order valence-electron chi connectivity index (χ2n) is 7.37. The standard InChI is InChI=1S/C22H29N3O4S/c1-16(2)8-11-29-19-6-4-17(14-20(19)27-3)22(26)24-23-15-18-5-7-21(30-18)25-9-12-28-13-10-25/h4-7,14-16H,8-13H2,1-3H3,(H,24,26)/b23-15+. The van der Waals surface area contributed by atoms with Crippen LogP contribution in [-0.4, -0.2) is 52.1 Å². The number of carbonyl (C=O) groups excluding carboxylic acids is 1. The van der Waals surface area contributed by atoms with Crippen LogP contribution in [-0.2, 0) is 4.74 Å². The maximum atomic E-state index is 12.4. The molecule has 30 heavy (non-hydrogen) atoms. The van der Waals surface area contributed by atoms with E-state index < -0.39 is 0 Å². The van der Waals surface area contributed by atoms with Gasteiger partial charge in [0, 0.05) is 23.5 Å². The van der Waals surface area contributed by atoms with Crippen LogP contribution in [0.15, 0.2) is 35.4 Å². The number of nitrogens with one attached hydrogen (secondary N) is 1. The fourth-order valence-corrected chi connectivity index (χ4v) is 3.85. The number of thiophene rings is 1. The van der Waals surface area contributed by atoms with Crippen molar-refractivity contribution in [1.82, 2.24) is 5.43 Å². The highest BCUT2D eigenvalue weighted by Crippen LogP contribution is 2.28. The van der Waals surface area contributed by atoms with E-state index in [2.05, 4.69) is 35.3 Å². The number of benzene rings is 1. The van der Waals surface area contributed by atoms with Crippen molar-refractivity contribution in [2.24, 2.45) is 11.0 Å². The van der Waals surface area contributed by atoms with E-state index in [1.165, 1.54) is 5.00 Å². The highest BCUT2D eigenvalue weighted by atomic mass is 32.1. The van der Waals surface area contributed by atoms with Crippen molar-refractivity contribution in [3.8, 4) is 11.5 Å². The first-order chi connectivity index (χ1) is 14.6. The van der Waals surface area contributed by atoms with E-state index in [1.807, 2.05) is 6.07 Å². The van der Waals surface area contributed by atoms with Gasteiger partial charge in [0.25, 0.3) is 5.91 Å². The monoisotopic (exact) mass is 431 g/mol. The molecule has 0 spiro atoms. The summed E-state index contributed by atoms with van der Waals surface area (Å²) in [6, 6.07) is 9.20. The lowest BCUT2D eigenvalue weighted by Gasteiger charge is -2.27. The predicted molar refractivity (Wildman–Crippen MR) is 120 cm³/mol. The molecule has 1 saturated heterocycles. The van der Waals surface area contributed by atoms with Gasteiger partial charge in [-0.25, -0.2) is 5.43 Å². The van der Waals surface area contributed by atoms with Crippen LogP contribution in [0.4, 0.5) is 5.00 Å². The highest BCUT2D eigenvalue weighted by Gasteiger charge is 2.13. The largest absolute Gasteiger partial charge is 0.493 e. The zero-order chi connectivity index (χ0) is 21.3. The molecule has 1 aromatic heterocycles. The van der Waals surface area contributed by atoms with Crippen LogP contribution in [0.1, 0.15) is 35.5 Å². The number of amides is 1. The molecular formula is C22H29N3O4S. The average molecular weight is 432 g/mol. The molecule has 162 valence electrons. The van der Waals surface area contributed by atoms with Gasteiger partial charge in [-0.05, 0) is 42.7 Å². The van der Waals surface area contributed by atoms with Crippen LogP contribution < -0.4 is 19.8 Å². The van der Waals surface area contributed by atoms with Gasteiger partial charge >= 0.3 is 0 Å². The maximum absolute atomic E-state index is 12.4. The number of rotatable bonds is 9. The molecule has 0 unspecified atom stereocenters. The number of carbonyl (C=O) groups is 1. The first-order valence-corrected chi connectivity index (χ1v) is 10.9. The Morgan fingerprint density at radius 3 is 2.80 bits per heavy atom. The Morgan fingerprint density at radius 2 is 2.07 bits per heavy atom. The first kappa shape index (κ1) is 22.1. The summed E-state index contributed by atoms with van der Waals surface area (Å²) >= 11 is 1.64. The number of anilines is 1. The minimum Gasteiger partial charge on any atom is -0.493 e. The Bertz CT molecular complexity index is 860. The van der Waals surface area contributed by atoms with Crippen LogP contribution in [0.25, 0.3) is 0 Å². The van der Waals surface area contributed by atoms with Gasteiger partial charge in [0.2, 0.25) is 0 Å². The van der Waals surface area contributed by atoms with Gasteiger partial charge in [-0.1, -0.05) is 13.8 Å². The van der Waals surface area contributed by atoms with Crippen LogP contribution in [0.3, 0.4) is 0 Å². The molecule has 7 nitrogen and oxygen atoms in total. The smallest absolute Gasteiger partial charge is 0.271 e. The molecule has 1 aromatic carbocycles. The van der Waals surface area contributed by atoms with Gasteiger partial charge in [0.15, 0.2) is 11.5 Å². The molecule has 2 heterocycles. The van der Waals surface area contributed by atoms with Gasteiger partial charge < -0.3 is 19.1 Å². The summed E-state index contributed by atoms with van der Waals surface area (Å²) in [5, 5.41) is 5.28. The van der Waals surface area contributed by atoms with Crippen LogP contribution >= 0.6 is 11.3 Å². The molecule has 3 rings (SSSR count). The summed E-state index contributed by atoms with van der Waals surface area (Å²) < 4.78 is 16.5. The molecule has 1 aliphatic heterocycles. The molecule has 0 radical (unpaired) electrons. The topological polar surface area (TPSA) is 72.4 Å². The van der Waals surface area contributed by atoms with E-state index in [-0.39, 0.29) is 5.91 Å². The third-order valence-electron chi connectivity index (χ3n) is 4.67. The van der Waals surface area contributed by atoms with E-state index in [4.69, 9.17) is 14.2 Å². The summed E-state index contributed by atoms with van der Waals surface area (Å²) in [4.78, 5) is 15.7. The lowest BCUT2D eigenvalue weighted by atomic mass is 10.1. The van der Waals surface area contributed by atoms with Gasteiger partial charge in [0.1, 0.15) is 0 Å². The number of hydrogen-bond donors (Lipinski definition) is 1. The Balaban J connectivity index is 1.55. The fourth-order valence-electron chi connectivity index (χ4n) is 2.92. The lowest BCUT2D eigenvalue weighted by Crippen LogP contribution is -2.35. The first-order valence-electron chi connectivity index (χ1n) is 10.1. The predicted octanol–water partition coefficient (Wildman–Crippen LogP) is 3.78. The number of hydrogen-bond acceptors (Lipinski definition) is 7. The summed E-state index contributed by atoms with van der Waals surface area (Å²) in [5.41, 5.74) is 3.03. The highest BCUT2D eigenvalue weighted by molar-refractivity contribution is 7.17. The second-order valence-corrected chi connectivity index (χ2v) is 8.46. The van der Waals surface area contributed by atoms with Gasteiger partial charge in [-0.2, -0.15) is 5.10 Å². The molecule has 2 aromatic rings. The quantitative estimate of drug-likeness (QED) is 0.483. The number of nitrogens with zero attached hydrogens (tertiary/aromatic N) is 2. The molecule has 0 atom stereocenters. The van der Waals surface area contributed by atoms with Crippen molar-refractivity contribution in [2.45, 2.75) is 20.3 Å². The van der Waals surface area contributed by atoms with E-state index in [0.29, 0.717) is 29.6 Å². The van der Waals surface area contributed by atoms with Crippen molar-refractivity contribution in [3.05, 3.63) is 40.8 Å². The van der Waals surface area contributed by atoms with Crippen molar-refractivity contribution in [2.75, 3.05) is 44.9 Å². The van der Waals surface area contributed by atoms with Crippen molar-refractivity contribution >= 4 is 28.5 Å². The molecular weight excluding hydrogens is 402 g/mol. The van der Waals surface area contributed by atoms with Crippen LogP contribution in [0.2, 0.25) is 0 Å². The van der Waals surface area contributed by atoms with Crippen LogP contribution in [0, 0.1) is 5.92 Å². The van der Waals surface area contributed by atoms with Crippen molar-refractivity contribution in [3.63, 3.8) is 0 Å². The Hall–Kier alpha value is -2.58. The SMILES string of the molecule is COc1cc(C(=O)N/N=C/c2ccc(N3CCOCC3)s2)ccc1OCCC(C)C. The molecule has 8 heteroatoms. The Morgan fingerprint density at radius 1 is 1.27 bits per heavy atom. The Kier molecular flexibility index (Phi) is 8.10. The molecule has 1 N–H and O–H groups in total. The fraction of sp³-hybridized carbons (Fsp3) is 0.455. The average Bonchev–Trinajstić information content (AvgIpc) is 3.23. The summed E-state index contributed by atoms with van der Waals surface area (Å²) in [6.07, 6.45) is 2.61. The number of hydrazone groups is 1. The van der Waals surface area contributed by atoms with Gasteiger partial charge in [-0.3, -0.25) is 4.79 Å². The second kappa shape index (κ2) is 11.0. The third-order valence-corrected chi connectivity index (χ3v) is 5.75. The zero-order valence-electron chi connectivity index (χ0n) is 17.7.